The summed E-state index contributed by atoms with van der Waals surface area (Å²) in [5, 5.41) is 12.6. The molecule has 0 spiro atoms. The van der Waals surface area contributed by atoms with Crippen molar-refractivity contribution in [3.8, 4) is 0 Å². The van der Waals surface area contributed by atoms with E-state index in [9.17, 15) is 5.11 Å². The molecular weight excluding hydrogens is 326 g/mol. The molecule has 0 unspecified atom stereocenters. The van der Waals surface area contributed by atoms with Crippen LogP contribution in [-0.4, -0.2) is 59.3 Å². The van der Waals surface area contributed by atoms with Gasteiger partial charge in [0.15, 0.2) is 0 Å². The van der Waals surface area contributed by atoms with Crippen molar-refractivity contribution in [2.45, 2.75) is 32.9 Å². The largest absolute Gasteiger partial charge is 0.396 e. The highest BCUT2D eigenvalue weighted by Crippen LogP contribution is 2.21. The van der Waals surface area contributed by atoms with Crippen molar-refractivity contribution in [3.05, 3.63) is 47.2 Å². The van der Waals surface area contributed by atoms with Gasteiger partial charge < -0.3 is 15.3 Å². The number of aromatic nitrogens is 2. The Hall–Kier alpha value is -2.18. The van der Waals surface area contributed by atoms with Crippen molar-refractivity contribution in [2.24, 2.45) is 0 Å². The second-order valence-corrected chi connectivity index (χ2v) is 7.01. The highest BCUT2D eigenvalue weighted by atomic mass is 16.3. The molecule has 2 aromatic rings. The normalized spacial score (nSPS) is 18.2. The zero-order valence-electron chi connectivity index (χ0n) is 15.9. The third-order valence-electron chi connectivity index (χ3n) is 4.95. The number of aliphatic hydroxyl groups is 1. The first-order valence-electron chi connectivity index (χ1n) is 9.28. The number of hydrogen-bond donors (Lipinski definition) is 2. The second kappa shape index (κ2) is 8.47. The van der Waals surface area contributed by atoms with Crippen LogP contribution in [0.25, 0.3) is 0 Å². The summed E-state index contributed by atoms with van der Waals surface area (Å²) in [6.45, 7) is 7.86. The predicted molar refractivity (Wildman–Crippen MR) is 106 cm³/mol. The van der Waals surface area contributed by atoms with Gasteiger partial charge in [-0.3, -0.25) is 4.90 Å². The molecule has 0 bridgehead atoms. The van der Waals surface area contributed by atoms with Crippen molar-refractivity contribution >= 4 is 11.8 Å². The number of hydrogen-bond acceptors (Lipinski definition) is 6. The number of nitrogens with one attached hydrogen (secondary N) is 1. The molecule has 0 amide bonds. The number of benzene rings is 1. The van der Waals surface area contributed by atoms with E-state index in [0.717, 1.165) is 50.1 Å². The van der Waals surface area contributed by atoms with E-state index in [2.05, 4.69) is 56.3 Å². The van der Waals surface area contributed by atoms with E-state index < -0.39 is 0 Å². The molecule has 1 atom stereocenters. The number of rotatable bonds is 6. The minimum Gasteiger partial charge on any atom is -0.396 e. The molecule has 1 saturated heterocycles. The zero-order valence-corrected chi connectivity index (χ0v) is 15.9. The van der Waals surface area contributed by atoms with Crippen molar-refractivity contribution in [2.75, 3.05) is 43.5 Å². The van der Waals surface area contributed by atoms with Crippen LogP contribution in [0.4, 0.5) is 11.8 Å². The van der Waals surface area contributed by atoms with Crippen molar-refractivity contribution in [1.82, 2.24) is 14.9 Å². The van der Waals surface area contributed by atoms with E-state index in [1.165, 1.54) is 11.1 Å². The molecule has 1 aromatic carbocycles. The van der Waals surface area contributed by atoms with E-state index in [0.29, 0.717) is 0 Å². The lowest BCUT2D eigenvalue weighted by Crippen LogP contribution is -2.53. The Kier molecular flexibility index (Phi) is 6.06. The highest BCUT2D eigenvalue weighted by Gasteiger charge is 2.28. The molecule has 3 rings (SSSR count). The number of aliphatic hydroxyl groups excluding tert-OH is 1. The van der Waals surface area contributed by atoms with Crippen LogP contribution in [-0.2, 0) is 6.54 Å². The smallest absolute Gasteiger partial charge is 0.227 e. The molecule has 1 aliphatic rings. The lowest BCUT2D eigenvalue weighted by Gasteiger charge is -2.41. The van der Waals surface area contributed by atoms with Crippen LogP contribution >= 0.6 is 0 Å². The maximum Gasteiger partial charge on any atom is 0.227 e. The van der Waals surface area contributed by atoms with Gasteiger partial charge >= 0.3 is 0 Å². The van der Waals surface area contributed by atoms with Gasteiger partial charge in [-0.15, -0.1) is 0 Å². The van der Waals surface area contributed by atoms with Gasteiger partial charge in [-0.25, -0.2) is 4.98 Å². The third-order valence-corrected chi connectivity index (χ3v) is 4.95. The first-order chi connectivity index (χ1) is 12.6. The maximum atomic E-state index is 9.54. The summed E-state index contributed by atoms with van der Waals surface area (Å²) in [6, 6.07) is 10.9. The third kappa shape index (κ3) is 4.51. The molecule has 2 heterocycles. The molecule has 1 aromatic heterocycles. The Bertz CT molecular complexity index is 719. The molecule has 0 saturated carbocycles. The maximum absolute atomic E-state index is 9.54. The van der Waals surface area contributed by atoms with Crippen LogP contribution in [0.3, 0.4) is 0 Å². The summed E-state index contributed by atoms with van der Waals surface area (Å²) in [7, 11) is 1.87. The summed E-state index contributed by atoms with van der Waals surface area (Å²) in [5.74, 6) is 1.61. The fourth-order valence-electron chi connectivity index (χ4n) is 3.46. The lowest BCUT2D eigenvalue weighted by molar-refractivity contribution is 0.135. The summed E-state index contributed by atoms with van der Waals surface area (Å²) in [4.78, 5) is 13.9. The predicted octanol–water partition coefficient (Wildman–Crippen LogP) is 2.21. The van der Waals surface area contributed by atoms with E-state index in [-0.39, 0.29) is 12.6 Å². The number of piperazine rings is 1. The minimum absolute atomic E-state index is 0.194. The molecule has 140 valence electrons. The topological polar surface area (TPSA) is 64.5 Å². The van der Waals surface area contributed by atoms with Crippen molar-refractivity contribution in [1.29, 1.82) is 0 Å². The van der Waals surface area contributed by atoms with Gasteiger partial charge in [-0.2, -0.15) is 4.98 Å². The summed E-state index contributed by atoms with van der Waals surface area (Å²) in [5.41, 5.74) is 3.55. The molecule has 0 radical (unpaired) electrons. The van der Waals surface area contributed by atoms with Gasteiger partial charge in [-0.1, -0.05) is 29.8 Å². The van der Waals surface area contributed by atoms with Gasteiger partial charge in [0.2, 0.25) is 5.95 Å². The standard InChI is InChI=1S/C20H29N5O/c1-15-4-6-17(7-5-15)13-24-9-10-25(14-18(24)8-11-26)20-22-16(2)12-19(21-3)23-20/h4-7,12,18,26H,8-11,13-14H2,1-3H3,(H,21,22,23)/t18-/m0/s1. The first-order valence-corrected chi connectivity index (χ1v) is 9.28. The minimum atomic E-state index is 0.194. The Labute approximate surface area is 155 Å². The molecule has 6 heteroatoms. The van der Waals surface area contributed by atoms with E-state index in [1.807, 2.05) is 20.0 Å². The van der Waals surface area contributed by atoms with Gasteiger partial charge in [0.05, 0.1) is 0 Å². The molecule has 1 aliphatic heterocycles. The van der Waals surface area contributed by atoms with Crippen molar-refractivity contribution < 1.29 is 5.11 Å². The van der Waals surface area contributed by atoms with Crippen LogP contribution in [0, 0.1) is 13.8 Å². The van der Waals surface area contributed by atoms with E-state index in [4.69, 9.17) is 0 Å². The fraction of sp³-hybridized carbons (Fsp3) is 0.500. The van der Waals surface area contributed by atoms with Crippen LogP contribution in [0.1, 0.15) is 23.2 Å². The highest BCUT2D eigenvalue weighted by molar-refractivity contribution is 5.43. The Morgan fingerprint density at radius 2 is 1.92 bits per heavy atom. The van der Waals surface area contributed by atoms with Crippen LogP contribution < -0.4 is 10.2 Å². The molecule has 26 heavy (non-hydrogen) atoms. The fourth-order valence-corrected chi connectivity index (χ4v) is 3.46. The van der Waals surface area contributed by atoms with Gasteiger partial charge in [0.25, 0.3) is 0 Å². The number of nitrogens with zero attached hydrogens (tertiary/aromatic N) is 4. The molecule has 6 nitrogen and oxygen atoms in total. The second-order valence-electron chi connectivity index (χ2n) is 7.01. The number of anilines is 2. The van der Waals surface area contributed by atoms with Gasteiger partial charge in [-0.05, 0) is 25.8 Å². The zero-order chi connectivity index (χ0) is 18.5. The Balaban J connectivity index is 1.73. The van der Waals surface area contributed by atoms with Crippen LogP contribution in [0.2, 0.25) is 0 Å². The summed E-state index contributed by atoms with van der Waals surface area (Å²) >= 11 is 0. The Morgan fingerprint density at radius 3 is 2.62 bits per heavy atom. The SMILES string of the molecule is CNc1cc(C)nc(N2CCN(Cc3ccc(C)cc3)[C@@H](CCO)C2)n1. The Morgan fingerprint density at radius 1 is 1.15 bits per heavy atom. The first kappa shape index (κ1) is 18.6. The van der Waals surface area contributed by atoms with E-state index >= 15 is 0 Å². The molecule has 2 N–H and O–H groups in total. The van der Waals surface area contributed by atoms with E-state index in [1.54, 1.807) is 0 Å². The van der Waals surface area contributed by atoms with Gasteiger partial charge in [0, 0.05) is 57.6 Å². The summed E-state index contributed by atoms with van der Waals surface area (Å²) in [6.07, 6.45) is 0.757. The number of aryl methyl sites for hydroxylation is 2. The molecule has 0 aliphatic carbocycles. The van der Waals surface area contributed by atoms with Crippen LogP contribution in [0.15, 0.2) is 30.3 Å². The quantitative estimate of drug-likeness (QED) is 0.828. The van der Waals surface area contributed by atoms with Crippen molar-refractivity contribution in [3.63, 3.8) is 0 Å². The molecular formula is C20H29N5O. The average molecular weight is 355 g/mol. The lowest BCUT2D eigenvalue weighted by atomic mass is 10.1. The average Bonchev–Trinajstić information content (AvgIpc) is 2.64. The monoisotopic (exact) mass is 355 g/mol. The molecule has 1 fully saturated rings. The summed E-state index contributed by atoms with van der Waals surface area (Å²) < 4.78 is 0. The van der Waals surface area contributed by atoms with Gasteiger partial charge in [0.1, 0.15) is 5.82 Å². The van der Waals surface area contributed by atoms with Crippen LogP contribution in [0.5, 0.6) is 0 Å².